The summed E-state index contributed by atoms with van der Waals surface area (Å²) in [6.07, 6.45) is -3.61. The highest BCUT2D eigenvalue weighted by Gasteiger charge is 2.32. The van der Waals surface area contributed by atoms with Gasteiger partial charge in [0.15, 0.2) is 9.84 Å². The molecule has 0 radical (unpaired) electrons. The molecule has 2 N–H and O–H groups in total. The van der Waals surface area contributed by atoms with Crippen LogP contribution in [0.2, 0.25) is 5.02 Å². The molecule has 1 fully saturated rings. The lowest BCUT2D eigenvalue weighted by Crippen LogP contribution is -2.39. The van der Waals surface area contributed by atoms with Gasteiger partial charge in [-0.1, -0.05) is 11.6 Å². The number of pyridine rings is 1. The third kappa shape index (κ3) is 4.96. The smallest absolute Gasteiger partial charge is 0.360 e. The monoisotopic (exact) mass is 371 g/mol. The SMILES string of the molecule is O=C(CNc1ncc(C(F)(F)F)cc1Cl)N[C@H]1CCS(=O)(=O)C1. The summed E-state index contributed by atoms with van der Waals surface area (Å²) >= 11 is 5.69. The number of halogens is 4. The molecule has 1 aromatic heterocycles. The first-order chi connectivity index (χ1) is 10.6. The first-order valence-corrected chi connectivity index (χ1v) is 8.73. The van der Waals surface area contributed by atoms with Crippen molar-refractivity contribution < 1.29 is 26.4 Å². The van der Waals surface area contributed by atoms with E-state index in [1.165, 1.54) is 0 Å². The van der Waals surface area contributed by atoms with E-state index in [0.717, 1.165) is 0 Å². The van der Waals surface area contributed by atoms with E-state index in [0.29, 0.717) is 18.7 Å². The molecule has 128 valence electrons. The van der Waals surface area contributed by atoms with Crippen molar-refractivity contribution in [3.05, 3.63) is 22.8 Å². The molecule has 0 saturated carbocycles. The summed E-state index contributed by atoms with van der Waals surface area (Å²) in [6, 6.07) is 0.253. The Morgan fingerprint density at radius 3 is 2.65 bits per heavy atom. The minimum Gasteiger partial charge on any atom is -0.360 e. The molecule has 0 bridgehead atoms. The minimum absolute atomic E-state index is 0.0255. The van der Waals surface area contributed by atoms with Crippen LogP contribution in [0.3, 0.4) is 0 Å². The molecule has 1 aliphatic heterocycles. The van der Waals surface area contributed by atoms with Crippen LogP contribution in [0, 0.1) is 0 Å². The maximum Gasteiger partial charge on any atom is 0.417 e. The number of nitrogens with one attached hydrogen (secondary N) is 2. The van der Waals surface area contributed by atoms with Crippen molar-refractivity contribution in [2.75, 3.05) is 23.4 Å². The predicted molar refractivity (Wildman–Crippen MR) is 77.9 cm³/mol. The molecule has 2 rings (SSSR count). The third-order valence-electron chi connectivity index (χ3n) is 3.18. The topological polar surface area (TPSA) is 88.2 Å². The Morgan fingerprint density at radius 2 is 2.13 bits per heavy atom. The van der Waals surface area contributed by atoms with Crippen molar-refractivity contribution >= 4 is 33.2 Å². The Labute approximate surface area is 135 Å². The van der Waals surface area contributed by atoms with Gasteiger partial charge in [0, 0.05) is 12.2 Å². The summed E-state index contributed by atoms with van der Waals surface area (Å²) in [5.41, 5.74) is -0.992. The fraction of sp³-hybridized carbons (Fsp3) is 0.500. The van der Waals surface area contributed by atoms with Crippen LogP contribution in [0.25, 0.3) is 0 Å². The van der Waals surface area contributed by atoms with E-state index >= 15 is 0 Å². The molecule has 1 aromatic rings. The molecular weight excluding hydrogens is 359 g/mol. The fourth-order valence-corrected chi connectivity index (χ4v) is 3.98. The number of sulfone groups is 1. The Bertz CT molecular complexity index is 709. The van der Waals surface area contributed by atoms with Gasteiger partial charge in [0.2, 0.25) is 5.91 Å². The van der Waals surface area contributed by atoms with Crippen molar-refractivity contribution in [1.29, 1.82) is 0 Å². The van der Waals surface area contributed by atoms with E-state index in [-0.39, 0.29) is 28.9 Å². The first-order valence-electron chi connectivity index (χ1n) is 6.53. The van der Waals surface area contributed by atoms with Gasteiger partial charge < -0.3 is 10.6 Å². The second kappa shape index (κ2) is 6.52. The fourth-order valence-electron chi connectivity index (χ4n) is 2.07. The van der Waals surface area contributed by atoms with Crippen molar-refractivity contribution in [3.63, 3.8) is 0 Å². The molecule has 1 amide bonds. The predicted octanol–water partition coefficient (Wildman–Crippen LogP) is 1.47. The molecule has 2 heterocycles. The second-order valence-electron chi connectivity index (χ2n) is 5.07. The van der Waals surface area contributed by atoms with Gasteiger partial charge in [-0.25, -0.2) is 13.4 Å². The minimum atomic E-state index is -4.56. The summed E-state index contributed by atoms with van der Waals surface area (Å²) in [7, 11) is -3.11. The number of rotatable bonds is 4. The van der Waals surface area contributed by atoms with Gasteiger partial charge in [-0.15, -0.1) is 0 Å². The van der Waals surface area contributed by atoms with Crippen LogP contribution in [0.4, 0.5) is 19.0 Å². The van der Waals surface area contributed by atoms with Crippen LogP contribution >= 0.6 is 11.6 Å². The Hall–Kier alpha value is -1.55. The van der Waals surface area contributed by atoms with Crippen molar-refractivity contribution in [2.45, 2.75) is 18.6 Å². The number of carbonyl (C=O) groups excluding carboxylic acids is 1. The van der Waals surface area contributed by atoms with E-state index in [1.807, 2.05) is 0 Å². The molecule has 0 aromatic carbocycles. The lowest BCUT2D eigenvalue weighted by molar-refractivity contribution is -0.137. The molecule has 23 heavy (non-hydrogen) atoms. The average molecular weight is 372 g/mol. The zero-order valence-electron chi connectivity index (χ0n) is 11.7. The van der Waals surface area contributed by atoms with Crippen LogP contribution in [0.1, 0.15) is 12.0 Å². The second-order valence-corrected chi connectivity index (χ2v) is 7.71. The Kier molecular flexibility index (Phi) is 5.04. The van der Waals surface area contributed by atoms with Crippen LogP contribution in [0.5, 0.6) is 0 Å². The number of anilines is 1. The van der Waals surface area contributed by atoms with Gasteiger partial charge in [0.1, 0.15) is 5.82 Å². The summed E-state index contributed by atoms with van der Waals surface area (Å²) in [5.74, 6) is -0.644. The maximum atomic E-state index is 12.5. The first kappa shape index (κ1) is 17.8. The Morgan fingerprint density at radius 1 is 1.43 bits per heavy atom. The number of hydrogen-bond acceptors (Lipinski definition) is 5. The molecular formula is C12H13ClF3N3O3S. The van der Waals surface area contributed by atoms with Crippen LogP contribution < -0.4 is 10.6 Å². The highest BCUT2D eigenvalue weighted by molar-refractivity contribution is 7.91. The molecule has 1 saturated heterocycles. The number of aromatic nitrogens is 1. The highest BCUT2D eigenvalue weighted by atomic mass is 35.5. The normalized spacial score (nSPS) is 20.3. The summed E-state index contributed by atoms with van der Waals surface area (Å²) in [5, 5.41) is 4.77. The van der Waals surface area contributed by atoms with Crippen molar-refractivity contribution in [3.8, 4) is 0 Å². The average Bonchev–Trinajstić information content (AvgIpc) is 2.75. The third-order valence-corrected chi connectivity index (χ3v) is 5.24. The zero-order valence-corrected chi connectivity index (χ0v) is 13.2. The van der Waals surface area contributed by atoms with Gasteiger partial charge in [-0.05, 0) is 12.5 Å². The Balaban J connectivity index is 1.90. The van der Waals surface area contributed by atoms with Crippen LogP contribution in [0.15, 0.2) is 12.3 Å². The van der Waals surface area contributed by atoms with Gasteiger partial charge in [-0.3, -0.25) is 4.79 Å². The number of hydrogen-bond donors (Lipinski definition) is 2. The number of carbonyl (C=O) groups is 1. The lowest BCUT2D eigenvalue weighted by atomic mass is 10.2. The summed E-state index contributed by atoms with van der Waals surface area (Å²) < 4.78 is 60.0. The maximum absolute atomic E-state index is 12.5. The van der Waals surface area contributed by atoms with Crippen LogP contribution in [-0.4, -0.2) is 43.4 Å². The van der Waals surface area contributed by atoms with E-state index in [2.05, 4.69) is 15.6 Å². The quantitative estimate of drug-likeness (QED) is 0.836. The number of nitrogens with zero attached hydrogens (tertiary/aromatic N) is 1. The molecule has 1 aliphatic rings. The molecule has 0 unspecified atom stereocenters. The molecule has 0 spiro atoms. The van der Waals surface area contributed by atoms with Gasteiger partial charge >= 0.3 is 6.18 Å². The number of amides is 1. The van der Waals surface area contributed by atoms with E-state index < -0.39 is 33.5 Å². The lowest BCUT2D eigenvalue weighted by Gasteiger charge is -2.13. The molecule has 6 nitrogen and oxygen atoms in total. The van der Waals surface area contributed by atoms with Gasteiger partial charge in [0.25, 0.3) is 0 Å². The van der Waals surface area contributed by atoms with E-state index in [4.69, 9.17) is 11.6 Å². The van der Waals surface area contributed by atoms with Crippen molar-refractivity contribution in [2.24, 2.45) is 0 Å². The largest absolute Gasteiger partial charge is 0.417 e. The zero-order chi connectivity index (χ0) is 17.3. The van der Waals surface area contributed by atoms with Gasteiger partial charge in [0.05, 0.1) is 28.6 Å². The highest BCUT2D eigenvalue weighted by Crippen LogP contribution is 2.32. The van der Waals surface area contributed by atoms with Crippen LogP contribution in [-0.2, 0) is 20.8 Å². The van der Waals surface area contributed by atoms with Gasteiger partial charge in [-0.2, -0.15) is 13.2 Å². The summed E-state index contributed by atoms with van der Waals surface area (Å²) in [6.45, 7) is -0.283. The van der Waals surface area contributed by atoms with E-state index in [9.17, 15) is 26.4 Å². The van der Waals surface area contributed by atoms with Crippen molar-refractivity contribution in [1.82, 2.24) is 10.3 Å². The molecule has 0 aliphatic carbocycles. The standard InChI is InChI=1S/C12H13ClF3N3O3S/c13-9-3-7(12(14,15)16)4-17-11(9)18-5-10(20)19-8-1-2-23(21,22)6-8/h3-4,8H,1-2,5-6H2,(H,17,18)(H,19,20)/t8-/m0/s1. The molecule has 11 heteroatoms. The molecule has 1 atom stereocenters. The summed E-state index contributed by atoms with van der Waals surface area (Å²) in [4.78, 5) is 15.2. The van der Waals surface area contributed by atoms with E-state index in [1.54, 1.807) is 0 Å². The number of alkyl halides is 3.